The van der Waals surface area contributed by atoms with Gasteiger partial charge in [0.25, 0.3) is 0 Å². The molecule has 1 saturated heterocycles. The smallest absolute Gasteiger partial charge is 0.244 e. The number of carbonyl (C=O) groups is 1. The Kier molecular flexibility index (Phi) is 5.15. The summed E-state index contributed by atoms with van der Waals surface area (Å²) in [7, 11) is 1.84. The number of carbonyl (C=O) groups excluding carboxylic acids is 1. The van der Waals surface area contributed by atoms with Gasteiger partial charge in [0.05, 0.1) is 24.9 Å². The van der Waals surface area contributed by atoms with Crippen LogP contribution in [-0.2, 0) is 4.79 Å². The van der Waals surface area contributed by atoms with Crippen LogP contribution < -0.4 is 15.0 Å². The van der Waals surface area contributed by atoms with Gasteiger partial charge in [-0.25, -0.2) is 0 Å². The first-order chi connectivity index (χ1) is 11.2. The molecule has 2 aliphatic heterocycles. The van der Waals surface area contributed by atoms with Gasteiger partial charge in [0.1, 0.15) is 5.75 Å². The van der Waals surface area contributed by atoms with Gasteiger partial charge < -0.3 is 20.1 Å². The molecule has 2 aliphatic rings. The highest BCUT2D eigenvalue weighted by Crippen LogP contribution is 2.32. The lowest BCUT2D eigenvalue weighted by Crippen LogP contribution is -2.59. The Balaban J connectivity index is 1.84. The third-order valence-electron chi connectivity index (χ3n) is 4.72. The van der Waals surface area contributed by atoms with Crippen molar-refractivity contribution in [2.24, 2.45) is 0 Å². The zero-order valence-corrected chi connectivity index (χ0v) is 13.6. The normalized spacial score (nSPS) is 23.3. The predicted octanol–water partition coefficient (Wildman–Crippen LogP) is 0.457. The van der Waals surface area contributed by atoms with E-state index in [-0.39, 0.29) is 24.6 Å². The van der Waals surface area contributed by atoms with Crippen molar-refractivity contribution in [2.45, 2.75) is 24.9 Å². The monoisotopic (exact) mass is 319 g/mol. The number of hydrogen-bond donors (Lipinski definition) is 2. The number of ether oxygens (including phenoxy) is 1. The van der Waals surface area contributed by atoms with Crippen molar-refractivity contribution in [3.05, 3.63) is 24.3 Å². The quantitative estimate of drug-likeness (QED) is 0.844. The highest BCUT2D eigenvalue weighted by Gasteiger charge is 2.37. The summed E-state index contributed by atoms with van der Waals surface area (Å²) in [5.74, 6) is 0.931. The molecule has 0 aromatic heterocycles. The van der Waals surface area contributed by atoms with E-state index in [1.54, 1.807) is 0 Å². The lowest BCUT2D eigenvalue weighted by Gasteiger charge is -2.41. The number of aliphatic hydroxyl groups is 1. The summed E-state index contributed by atoms with van der Waals surface area (Å²) in [6.45, 7) is 2.84. The molecule has 0 spiro atoms. The number of aliphatic hydroxyl groups excluding tert-OH is 1. The lowest BCUT2D eigenvalue weighted by atomic mass is 10.0. The summed E-state index contributed by atoms with van der Waals surface area (Å²) in [5.41, 5.74) is 0.872. The van der Waals surface area contributed by atoms with Crippen LogP contribution in [0.25, 0.3) is 0 Å². The van der Waals surface area contributed by atoms with Crippen molar-refractivity contribution < 1.29 is 14.6 Å². The third kappa shape index (κ3) is 3.34. The number of piperazine rings is 1. The van der Waals surface area contributed by atoms with E-state index in [0.29, 0.717) is 19.7 Å². The molecule has 2 bridgehead atoms. The molecule has 1 amide bonds. The van der Waals surface area contributed by atoms with Crippen molar-refractivity contribution in [3.63, 3.8) is 0 Å². The number of nitrogens with one attached hydrogen (secondary N) is 1. The standard InChI is InChI=1S/C17H25N3O3/c1-18-13(12-21)11-19-8-9-20-14-5-2-3-7-16(14)23-10-4-6-15(19)17(20)22/h2-3,5,7,13,15,18,21H,4,6,8-12H2,1H3. The molecule has 2 unspecified atom stereocenters. The number of benzene rings is 1. The lowest BCUT2D eigenvalue weighted by molar-refractivity contribution is -0.126. The van der Waals surface area contributed by atoms with Crippen LogP contribution in [0.4, 0.5) is 5.69 Å². The van der Waals surface area contributed by atoms with Crippen molar-refractivity contribution >= 4 is 11.6 Å². The number of amides is 1. The molecule has 126 valence electrons. The van der Waals surface area contributed by atoms with Crippen LogP contribution in [0.5, 0.6) is 5.75 Å². The van der Waals surface area contributed by atoms with Crippen LogP contribution in [0.2, 0.25) is 0 Å². The first-order valence-electron chi connectivity index (χ1n) is 8.30. The van der Waals surface area contributed by atoms with Gasteiger partial charge in [-0.05, 0) is 32.0 Å². The van der Waals surface area contributed by atoms with E-state index in [2.05, 4.69) is 10.2 Å². The molecule has 2 heterocycles. The number of rotatable bonds is 4. The van der Waals surface area contributed by atoms with Crippen LogP contribution in [0.1, 0.15) is 12.8 Å². The van der Waals surface area contributed by atoms with Crippen LogP contribution in [0, 0.1) is 0 Å². The molecule has 1 aromatic carbocycles. The Morgan fingerprint density at radius 2 is 2.22 bits per heavy atom. The summed E-state index contributed by atoms with van der Waals surface area (Å²) >= 11 is 0. The zero-order valence-electron chi connectivity index (χ0n) is 13.6. The minimum Gasteiger partial charge on any atom is -0.491 e. The molecular formula is C17H25N3O3. The first-order valence-corrected chi connectivity index (χ1v) is 8.30. The van der Waals surface area contributed by atoms with Crippen LogP contribution >= 0.6 is 0 Å². The molecule has 0 saturated carbocycles. The average Bonchev–Trinajstić information content (AvgIpc) is 2.62. The van der Waals surface area contributed by atoms with Gasteiger partial charge in [-0.15, -0.1) is 0 Å². The maximum Gasteiger partial charge on any atom is 0.244 e. The molecule has 0 aliphatic carbocycles. The van der Waals surface area contributed by atoms with Crippen molar-refractivity contribution in [1.29, 1.82) is 0 Å². The van der Waals surface area contributed by atoms with E-state index in [9.17, 15) is 9.90 Å². The van der Waals surface area contributed by atoms with E-state index in [1.807, 2.05) is 36.2 Å². The van der Waals surface area contributed by atoms with E-state index in [4.69, 9.17) is 4.74 Å². The fourth-order valence-electron chi connectivity index (χ4n) is 3.38. The van der Waals surface area contributed by atoms with Gasteiger partial charge in [-0.3, -0.25) is 9.69 Å². The Morgan fingerprint density at radius 1 is 1.39 bits per heavy atom. The van der Waals surface area contributed by atoms with E-state index in [0.717, 1.165) is 30.8 Å². The second kappa shape index (κ2) is 7.29. The molecule has 3 rings (SSSR count). The van der Waals surface area contributed by atoms with Crippen LogP contribution in [0.3, 0.4) is 0 Å². The molecule has 6 heteroatoms. The summed E-state index contributed by atoms with van der Waals surface area (Å²) in [6, 6.07) is 7.62. The Hall–Kier alpha value is -1.63. The van der Waals surface area contributed by atoms with Gasteiger partial charge >= 0.3 is 0 Å². The fourth-order valence-corrected chi connectivity index (χ4v) is 3.38. The second-order valence-corrected chi connectivity index (χ2v) is 6.13. The number of anilines is 1. The zero-order chi connectivity index (χ0) is 16.2. The van der Waals surface area contributed by atoms with Crippen molar-refractivity contribution in [2.75, 3.05) is 44.8 Å². The number of fused-ring (bicyclic) bond motifs is 4. The number of hydrogen-bond acceptors (Lipinski definition) is 5. The highest BCUT2D eigenvalue weighted by atomic mass is 16.5. The summed E-state index contributed by atoms with van der Waals surface area (Å²) in [5, 5.41) is 12.5. The summed E-state index contributed by atoms with van der Waals surface area (Å²) in [6.07, 6.45) is 1.63. The Labute approximate surface area is 137 Å². The van der Waals surface area contributed by atoms with Gasteiger partial charge in [-0.1, -0.05) is 12.1 Å². The van der Waals surface area contributed by atoms with Gasteiger partial charge in [-0.2, -0.15) is 0 Å². The molecule has 23 heavy (non-hydrogen) atoms. The van der Waals surface area contributed by atoms with Crippen molar-refractivity contribution in [3.8, 4) is 5.75 Å². The molecule has 6 nitrogen and oxygen atoms in total. The molecule has 2 atom stereocenters. The average molecular weight is 319 g/mol. The Morgan fingerprint density at radius 3 is 3.00 bits per heavy atom. The largest absolute Gasteiger partial charge is 0.491 e. The summed E-state index contributed by atoms with van der Waals surface area (Å²) in [4.78, 5) is 17.1. The maximum absolute atomic E-state index is 13.0. The highest BCUT2D eigenvalue weighted by molar-refractivity contribution is 5.99. The SMILES string of the molecule is CNC(CO)CN1CCN2C(=O)C1CCCOc1ccccc12. The topological polar surface area (TPSA) is 65.0 Å². The molecular weight excluding hydrogens is 294 g/mol. The summed E-state index contributed by atoms with van der Waals surface area (Å²) < 4.78 is 5.86. The minimum absolute atomic E-state index is 0.00878. The van der Waals surface area contributed by atoms with Crippen LogP contribution in [-0.4, -0.2) is 67.9 Å². The van der Waals surface area contributed by atoms with Crippen LogP contribution in [0.15, 0.2) is 24.3 Å². The molecule has 1 aromatic rings. The van der Waals surface area contributed by atoms with Gasteiger partial charge in [0.15, 0.2) is 0 Å². The maximum atomic E-state index is 13.0. The molecule has 1 fully saturated rings. The van der Waals surface area contributed by atoms with Crippen molar-refractivity contribution in [1.82, 2.24) is 10.2 Å². The van der Waals surface area contributed by atoms with Gasteiger partial charge in [0.2, 0.25) is 5.91 Å². The van der Waals surface area contributed by atoms with E-state index in [1.165, 1.54) is 0 Å². The Bertz CT molecular complexity index is 548. The number of likely N-dealkylation sites (N-methyl/N-ethyl adjacent to an activating group) is 1. The fraction of sp³-hybridized carbons (Fsp3) is 0.588. The minimum atomic E-state index is -0.138. The predicted molar refractivity (Wildman–Crippen MR) is 88.8 cm³/mol. The van der Waals surface area contributed by atoms with Gasteiger partial charge in [0, 0.05) is 25.7 Å². The number of para-hydroxylation sites is 2. The molecule has 0 radical (unpaired) electrons. The third-order valence-corrected chi connectivity index (χ3v) is 4.72. The molecule has 2 N–H and O–H groups in total. The van der Waals surface area contributed by atoms with E-state index < -0.39 is 0 Å². The number of nitrogens with zero attached hydrogens (tertiary/aromatic N) is 2. The van der Waals surface area contributed by atoms with E-state index >= 15 is 0 Å². The second-order valence-electron chi connectivity index (χ2n) is 6.13. The first kappa shape index (κ1) is 16.2.